The molecule has 0 aliphatic heterocycles. The number of hydrogen-bond acceptors (Lipinski definition) is 1. The normalized spacial score (nSPS) is 37.0. The van der Waals surface area contributed by atoms with Gasteiger partial charge in [-0.1, -0.05) is 58.4 Å². The highest BCUT2D eigenvalue weighted by molar-refractivity contribution is 5.19. The summed E-state index contributed by atoms with van der Waals surface area (Å²) in [6, 6.07) is 0. The minimum absolute atomic E-state index is 0.216. The van der Waals surface area contributed by atoms with Crippen molar-refractivity contribution in [2.24, 2.45) is 35.0 Å². The van der Waals surface area contributed by atoms with Crippen LogP contribution in [0.2, 0.25) is 0 Å². The first kappa shape index (κ1) is 17.8. The van der Waals surface area contributed by atoms with Gasteiger partial charge in [0.25, 0.3) is 0 Å². The second-order valence-electron chi connectivity index (χ2n) is 8.40. The zero-order chi connectivity index (χ0) is 16.3. The summed E-state index contributed by atoms with van der Waals surface area (Å²) < 4.78 is 0. The van der Waals surface area contributed by atoms with E-state index in [0.717, 1.165) is 17.8 Å². The molecule has 2 fully saturated rings. The van der Waals surface area contributed by atoms with E-state index in [0.29, 0.717) is 17.3 Å². The summed E-state index contributed by atoms with van der Waals surface area (Å²) in [6.45, 7) is 12.1. The van der Waals surface area contributed by atoms with Crippen molar-refractivity contribution in [2.75, 3.05) is 6.61 Å². The van der Waals surface area contributed by atoms with E-state index in [2.05, 4.69) is 52.8 Å². The van der Waals surface area contributed by atoms with Gasteiger partial charge in [0, 0.05) is 0 Å². The molecule has 0 bridgehead atoms. The molecule has 2 aliphatic carbocycles. The van der Waals surface area contributed by atoms with Crippen molar-refractivity contribution < 1.29 is 5.11 Å². The quantitative estimate of drug-likeness (QED) is 0.655. The minimum atomic E-state index is 0.216. The molecule has 2 saturated carbocycles. The van der Waals surface area contributed by atoms with Crippen molar-refractivity contribution in [1.29, 1.82) is 0 Å². The van der Waals surface area contributed by atoms with Gasteiger partial charge in [0.2, 0.25) is 0 Å². The monoisotopic (exact) mass is 304 g/mol. The summed E-state index contributed by atoms with van der Waals surface area (Å²) in [5.41, 5.74) is 2.00. The van der Waals surface area contributed by atoms with Gasteiger partial charge in [0.1, 0.15) is 0 Å². The maximum Gasteiger partial charge on any atom is 0.0615 e. The number of aliphatic hydroxyl groups excluding tert-OH is 1. The molecule has 0 aromatic carbocycles. The van der Waals surface area contributed by atoms with Crippen molar-refractivity contribution in [3.63, 3.8) is 0 Å². The van der Waals surface area contributed by atoms with Crippen LogP contribution in [0.25, 0.3) is 0 Å². The molecule has 126 valence electrons. The molecule has 5 unspecified atom stereocenters. The summed E-state index contributed by atoms with van der Waals surface area (Å²) >= 11 is 0. The van der Waals surface area contributed by atoms with E-state index in [-0.39, 0.29) is 6.61 Å². The van der Waals surface area contributed by atoms with E-state index >= 15 is 0 Å². The molecule has 0 heterocycles. The SMILES string of the molecule is CC(C)C(C)/C=C/C(C)C1CCC2/C(=C/CO)CCCC21C. The molecule has 1 heteroatoms. The van der Waals surface area contributed by atoms with Gasteiger partial charge in [-0.25, -0.2) is 0 Å². The van der Waals surface area contributed by atoms with Crippen LogP contribution in [0.3, 0.4) is 0 Å². The Kier molecular flexibility index (Phi) is 5.94. The molecule has 1 nitrogen and oxygen atoms in total. The largest absolute Gasteiger partial charge is 0.392 e. The molecule has 0 spiro atoms. The Morgan fingerprint density at radius 3 is 2.55 bits per heavy atom. The Bertz CT molecular complexity index is 420. The van der Waals surface area contributed by atoms with Crippen LogP contribution < -0.4 is 0 Å². The van der Waals surface area contributed by atoms with Gasteiger partial charge >= 0.3 is 0 Å². The molecular weight excluding hydrogens is 268 g/mol. The first-order valence-electron chi connectivity index (χ1n) is 9.38. The Hall–Kier alpha value is -0.560. The molecule has 5 atom stereocenters. The topological polar surface area (TPSA) is 20.2 Å². The van der Waals surface area contributed by atoms with Crippen LogP contribution in [0.15, 0.2) is 23.8 Å². The van der Waals surface area contributed by atoms with Gasteiger partial charge < -0.3 is 5.11 Å². The Morgan fingerprint density at radius 2 is 1.91 bits per heavy atom. The lowest BCUT2D eigenvalue weighted by atomic mass is 9.61. The standard InChI is InChI=1S/C21H36O/c1-15(2)16(3)8-9-17(4)19-10-11-20-18(12-14-22)7-6-13-21(19,20)5/h8-9,12,15-17,19-20,22H,6-7,10-11,13-14H2,1-5H3/b9-8+,18-12+. The van der Waals surface area contributed by atoms with Crippen molar-refractivity contribution in [2.45, 2.75) is 66.7 Å². The lowest BCUT2D eigenvalue weighted by molar-refractivity contribution is 0.111. The summed E-state index contributed by atoms with van der Waals surface area (Å²) in [5.74, 6) is 3.59. The second-order valence-corrected chi connectivity index (χ2v) is 8.40. The molecule has 2 rings (SSSR count). The summed E-state index contributed by atoms with van der Waals surface area (Å²) in [5, 5.41) is 9.31. The first-order chi connectivity index (χ1) is 10.4. The maximum absolute atomic E-state index is 9.31. The summed E-state index contributed by atoms with van der Waals surface area (Å²) in [7, 11) is 0. The number of allylic oxidation sites excluding steroid dienone is 3. The molecule has 2 aliphatic rings. The third-order valence-electron chi connectivity index (χ3n) is 6.80. The number of fused-ring (bicyclic) bond motifs is 1. The summed E-state index contributed by atoms with van der Waals surface area (Å²) in [4.78, 5) is 0. The molecule has 0 amide bonds. The van der Waals surface area contributed by atoms with Gasteiger partial charge in [0.05, 0.1) is 6.61 Å². The minimum Gasteiger partial charge on any atom is -0.392 e. The lowest BCUT2D eigenvalue weighted by Crippen LogP contribution is -2.35. The molecule has 0 radical (unpaired) electrons. The van der Waals surface area contributed by atoms with Gasteiger partial charge in [-0.05, 0) is 67.1 Å². The fourth-order valence-corrected chi connectivity index (χ4v) is 5.01. The zero-order valence-electron chi connectivity index (χ0n) is 15.3. The Balaban J connectivity index is 2.11. The van der Waals surface area contributed by atoms with Crippen molar-refractivity contribution in [3.8, 4) is 0 Å². The lowest BCUT2D eigenvalue weighted by Gasteiger charge is -2.44. The van der Waals surface area contributed by atoms with Gasteiger partial charge in [-0.2, -0.15) is 0 Å². The Morgan fingerprint density at radius 1 is 1.18 bits per heavy atom. The molecule has 1 N–H and O–H groups in total. The van der Waals surface area contributed by atoms with Crippen molar-refractivity contribution in [3.05, 3.63) is 23.8 Å². The fourth-order valence-electron chi connectivity index (χ4n) is 5.01. The highest BCUT2D eigenvalue weighted by atomic mass is 16.2. The molecule has 0 aromatic heterocycles. The van der Waals surface area contributed by atoms with Crippen LogP contribution in [-0.2, 0) is 0 Å². The number of aliphatic hydroxyl groups is 1. The molecular formula is C21H36O. The van der Waals surface area contributed by atoms with E-state index in [1.807, 2.05) is 0 Å². The van der Waals surface area contributed by atoms with Gasteiger partial charge in [-0.15, -0.1) is 0 Å². The third kappa shape index (κ3) is 3.50. The van der Waals surface area contributed by atoms with Crippen LogP contribution >= 0.6 is 0 Å². The van der Waals surface area contributed by atoms with Crippen LogP contribution in [0.5, 0.6) is 0 Å². The summed E-state index contributed by atoms with van der Waals surface area (Å²) in [6.07, 6.45) is 13.6. The van der Waals surface area contributed by atoms with Crippen LogP contribution in [0.4, 0.5) is 0 Å². The molecule has 0 aromatic rings. The Labute approximate surface area is 137 Å². The smallest absolute Gasteiger partial charge is 0.0615 e. The third-order valence-corrected chi connectivity index (χ3v) is 6.80. The van der Waals surface area contributed by atoms with E-state index in [1.165, 1.54) is 32.1 Å². The zero-order valence-corrected chi connectivity index (χ0v) is 15.3. The van der Waals surface area contributed by atoms with E-state index in [9.17, 15) is 5.11 Å². The van der Waals surface area contributed by atoms with E-state index in [4.69, 9.17) is 0 Å². The second kappa shape index (κ2) is 7.34. The average Bonchev–Trinajstić information content (AvgIpc) is 2.82. The highest BCUT2D eigenvalue weighted by Crippen LogP contribution is 2.59. The average molecular weight is 305 g/mol. The fraction of sp³-hybridized carbons (Fsp3) is 0.810. The number of hydrogen-bond donors (Lipinski definition) is 1. The molecule has 0 saturated heterocycles. The predicted octanol–water partition coefficient (Wildman–Crippen LogP) is 5.61. The van der Waals surface area contributed by atoms with Gasteiger partial charge in [0.15, 0.2) is 0 Å². The predicted molar refractivity (Wildman–Crippen MR) is 95.6 cm³/mol. The van der Waals surface area contributed by atoms with E-state index < -0.39 is 0 Å². The highest BCUT2D eigenvalue weighted by Gasteiger charge is 2.50. The van der Waals surface area contributed by atoms with Crippen LogP contribution in [-0.4, -0.2) is 11.7 Å². The number of rotatable bonds is 5. The van der Waals surface area contributed by atoms with Crippen molar-refractivity contribution in [1.82, 2.24) is 0 Å². The first-order valence-corrected chi connectivity index (χ1v) is 9.38. The van der Waals surface area contributed by atoms with Gasteiger partial charge in [-0.3, -0.25) is 0 Å². The van der Waals surface area contributed by atoms with Crippen LogP contribution in [0.1, 0.15) is 66.7 Å². The van der Waals surface area contributed by atoms with Crippen LogP contribution in [0, 0.1) is 35.0 Å². The van der Waals surface area contributed by atoms with E-state index in [1.54, 1.807) is 5.57 Å². The van der Waals surface area contributed by atoms with Crippen molar-refractivity contribution >= 4 is 0 Å². The molecule has 22 heavy (non-hydrogen) atoms. The maximum atomic E-state index is 9.31.